The summed E-state index contributed by atoms with van der Waals surface area (Å²) in [5, 5.41) is 3.31. The number of hydrogen-bond acceptors (Lipinski definition) is 2. The van der Waals surface area contributed by atoms with Crippen LogP contribution in [0.5, 0.6) is 0 Å². The molecule has 1 fully saturated rings. The molecule has 0 bridgehead atoms. The van der Waals surface area contributed by atoms with Crippen molar-refractivity contribution in [2.75, 3.05) is 24.5 Å². The Hall–Kier alpha value is -1.35. The molecule has 0 radical (unpaired) electrons. The van der Waals surface area contributed by atoms with Crippen LogP contribution in [0.1, 0.15) is 24.5 Å². The minimum atomic E-state index is 0.0481. The van der Waals surface area contributed by atoms with E-state index in [2.05, 4.69) is 37.4 Å². The first-order chi connectivity index (χ1) is 8.59. The second-order valence-electron chi connectivity index (χ2n) is 5.22. The van der Waals surface area contributed by atoms with Gasteiger partial charge < -0.3 is 10.2 Å². The monoisotopic (exact) mass is 246 g/mol. The molecule has 18 heavy (non-hydrogen) atoms. The lowest BCUT2D eigenvalue weighted by atomic mass is 10.1. The van der Waals surface area contributed by atoms with Crippen LogP contribution in [0, 0.1) is 19.8 Å². The summed E-state index contributed by atoms with van der Waals surface area (Å²) >= 11 is 0. The maximum atomic E-state index is 12.4. The van der Waals surface area contributed by atoms with E-state index in [1.807, 2.05) is 11.8 Å². The molecule has 1 aromatic carbocycles. The van der Waals surface area contributed by atoms with Crippen LogP contribution in [0.4, 0.5) is 5.69 Å². The fourth-order valence-corrected chi connectivity index (χ4v) is 2.29. The number of benzene rings is 1. The van der Waals surface area contributed by atoms with Gasteiger partial charge in [-0.25, -0.2) is 0 Å². The van der Waals surface area contributed by atoms with Crippen LogP contribution >= 0.6 is 0 Å². The van der Waals surface area contributed by atoms with Gasteiger partial charge >= 0.3 is 0 Å². The number of nitrogens with zero attached hydrogens (tertiary/aromatic N) is 1. The molecule has 3 heteroatoms. The standard InChI is InChI=1S/C15H22N2O/c1-11-5-6-14(9-12(11)2)17-8-4-7-16-10-13(3)15(17)18/h5-6,9,13,16H,4,7-8,10H2,1-3H3. The van der Waals surface area contributed by atoms with Gasteiger partial charge in [0.2, 0.25) is 5.91 Å². The summed E-state index contributed by atoms with van der Waals surface area (Å²) in [6.07, 6.45) is 1.01. The lowest BCUT2D eigenvalue weighted by Gasteiger charge is -2.29. The zero-order valence-corrected chi connectivity index (χ0v) is 11.5. The molecule has 1 aliphatic rings. The predicted molar refractivity (Wildman–Crippen MR) is 74.9 cm³/mol. The van der Waals surface area contributed by atoms with Gasteiger partial charge in [-0.15, -0.1) is 0 Å². The first-order valence-corrected chi connectivity index (χ1v) is 6.69. The molecule has 1 heterocycles. The van der Waals surface area contributed by atoms with Crippen LogP contribution < -0.4 is 10.2 Å². The second kappa shape index (κ2) is 5.53. The zero-order chi connectivity index (χ0) is 13.1. The molecular weight excluding hydrogens is 224 g/mol. The Morgan fingerprint density at radius 3 is 2.78 bits per heavy atom. The highest BCUT2D eigenvalue weighted by atomic mass is 16.2. The summed E-state index contributed by atoms with van der Waals surface area (Å²) in [4.78, 5) is 14.3. The van der Waals surface area contributed by atoms with E-state index in [1.54, 1.807) is 0 Å². The molecule has 0 aromatic heterocycles. The molecule has 1 aliphatic heterocycles. The number of hydrogen-bond donors (Lipinski definition) is 1. The smallest absolute Gasteiger partial charge is 0.231 e. The quantitative estimate of drug-likeness (QED) is 0.824. The van der Waals surface area contributed by atoms with Crippen LogP contribution in [-0.4, -0.2) is 25.5 Å². The molecule has 1 atom stereocenters. The molecule has 98 valence electrons. The number of carbonyl (C=O) groups excluding carboxylic acids is 1. The summed E-state index contributed by atoms with van der Waals surface area (Å²) in [5.41, 5.74) is 3.55. The van der Waals surface area contributed by atoms with Crippen molar-refractivity contribution in [3.63, 3.8) is 0 Å². The van der Waals surface area contributed by atoms with Crippen LogP contribution in [-0.2, 0) is 4.79 Å². The van der Waals surface area contributed by atoms with E-state index in [4.69, 9.17) is 0 Å². The zero-order valence-electron chi connectivity index (χ0n) is 11.5. The minimum Gasteiger partial charge on any atom is -0.316 e. The number of anilines is 1. The topological polar surface area (TPSA) is 32.3 Å². The first kappa shape index (κ1) is 13.1. The van der Waals surface area contributed by atoms with Gasteiger partial charge in [-0.3, -0.25) is 4.79 Å². The van der Waals surface area contributed by atoms with Crippen molar-refractivity contribution in [1.82, 2.24) is 5.32 Å². The minimum absolute atomic E-state index is 0.0481. The summed E-state index contributed by atoms with van der Waals surface area (Å²) in [6.45, 7) is 8.76. The SMILES string of the molecule is Cc1ccc(N2CCCNCC(C)C2=O)cc1C. The second-order valence-corrected chi connectivity index (χ2v) is 5.22. The molecule has 3 nitrogen and oxygen atoms in total. The third kappa shape index (κ3) is 2.72. The number of aryl methyl sites for hydroxylation is 2. The van der Waals surface area contributed by atoms with Crippen molar-refractivity contribution in [2.24, 2.45) is 5.92 Å². The Morgan fingerprint density at radius 1 is 1.28 bits per heavy atom. The van der Waals surface area contributed by atoms with Crippen molar-refractivity contribution in [2.45, 2.75) is 27.2 Å². The number of nitrogens with one attached hydrogen (secondary N) is 1. The van der Waals surface area contributed by atoms with Gasteiger partial charge in [-0.05, 0) is 50.1 Å². The average Bonchev–Trinajstić information content (AvgIpc) is 2.34. The number of rotatable bonds is 1. The van der Waals surface area contributed by atoms with E-state index in [0.29, 0.717) is 0 Å². The van der Waals surface area contributed by atoms with Crippen molar-refractivity contribution in [3.05, 3.63) is 29.3 Å². The fourth-order valence-electron chi connectivity index (χ4n) is 2.29. The maximum Gasteiger partial charge on any atom is 0.231 e. The summed E-state index contributed by atoms with van der Waals surface area (Å²) in [7, 11) is 0. The van der Waals surface area contributed by atoms with E-state index in [0.717, 1.165) is 31.7 Å². The van der Waals surface area contributed by atoms with Gasteiger partial charge in [0, 0.05) is 24.7 Å². The number of amides is 1. The van der Waals surface area contributed by atoms with Crippen LogP contribution in [0.3, 0.4) is 0 Å². The summed E-state index contributed by atoms with van der Waals surface area (Å²) in [5.74, 6) is 0.275. The molecular formula is C15H22N2O. The third-order valence-electron chi connectivity index (χ3n) is 3.68. The fraction of sp³-hybridized carbons (Fsp3) is 0.533. The first-order valence-electron chi connectivity index (χ1n) is 6.69. The Morgan fingerprint density at radius 2 is 2.06 bits per heavy atom. The van der Waals surface area contributed by atoms with Crippen LogP contribution in [0.25, 0.3) is 0 Å². The Kier molecular flexibility index (Phi) is 4.02. The highest BCUT2D eigenvalue weighted by Crippen LogP contribution is 2.21. The van der Waals surface area contributed by atoms with E-state index in [9.17, 15) is 4.79 Å². The molecule has 1 saturated heterocycles. The predicted octanol–water partition coefficient (Wildman–Crippen LogP) is 2.27. The highest BCUT2D eigenvalue weighted by molar-refractivity contribution is 5.95. The molecule has 1 aromatic rings. The van der Waals surface area contributed by atoms with E-state index < -0.39 is 0 Å². The van der Waals surface area contributed by atoms with Gasteiger partial charge in [0.25, 0.3) is 0 Å². The van der Waals surface area contributed by atoms with Crippen LogP contribution in [0.2, 0.25) is 0 Å². The Balaban J connectivity index is 2.27. The Labute approximate surface area is 109 Å². The average molecular weight is 246 g/mol. The molecule has 0 spiro atoms. The van der Waals surface area contributed by atoms with E-state index in [-0.39, 0.29) is 11.8 Å². The summed E-state index contributed by atoms with van der Waals surface area (Å²) < 4.78 is 0. The van der Waals surface area contributed by atoms with Crippen LogP contribution in [0.15, 0.2) is 18.2 Å². The van der Waals surface area contributed by atoms with E-state index in [1.165, 1.54) is 11.1 Å². The van der Waals surface area contributed by atoms with Gasteiger partial charge in [0.1, 0.15) is 0 Å². The molecule has 1 amide bonds. The molecule has 0 saturated carbocycles. The molecule has 0 aliphatic carbocycles. The van der Waals surface area contributed by atoms with Gasteiger partial charge in [0.05, 0.1) is 0 Å². The van der Waals surface area contributed by atoms with Gasteiger partial charge in [-0.1, -0.05) is 13.0 Å². The van der Waals surface area contributed by atoms with Crippen molar-refractivity contribution in [3.8, 4) is 0 Å². The summed E-state index contributed by atoms with van der Waals surface area (Å²) in [6, 6.07) is 6.27. The highest BCUT2D eigenvalue weighted by Gasteiger charge is 2.23. The van der Waals surface area contributed by atoms with Gasteiger partial charge in [0.15, 0.2) is 0 Å². The van der Waals surface area contributed by atoms with Gasteiger partial charge in [-0.2, -0.15) is 0 Å². The van der Waals surface area contributed by atoms with E-state index >= 15 is 0 Å². The molecule has 2 rings (SSSR count). The molecule has 1 N–H and O–H groups in total. The molecule has 1 unspecified atom stereocenters. The van der Waals surface area contributed by atoms with Crippen molar-refractivity contribution >= 4 is 11.6 Å². The lowest BCUT2D eigenvalue weighted by Crippen LogP contribution is -2.43. The van der Waals surface area contributed by atoms with Crippen molar-refractivity contribution in [1.29, 1.82) is 0 Å². The Bertz CT molecular complexity index is 442. The largest absolute Gasteiger partial charge is 0.316 e. The maximum absolute atomic E-state index is 12.4. The normalized spacial score (nSPS) is 21.6. The number of carbonyl (C=O) groups is 1. The third-order valence-corrected chi connectivity index (χ3v) is 3.68. The van der Waals surface area contributed by atoms with Crippen molar-refractivity contribution < 1.29 is 4.79 Å². The lowest BCUT2D eigenvalue weighted by molar-refractivity contribution is -0.122.